The number of fused-ring (bicyclic) bond motifs is 5. The molecule has 1 spiro atoms. The van der Waals surface area contributed by atoms with Gasteiger partial charge in [-0.05, 0) is 94.5 Å². The highest BCUT2D eigenvalue weighted by atomic mass is 32.2. The van der Waals surface area contributed by atoms with Crippen LogP contribution in [0.5, 0.6) is 17.4 Å². The van der Waals surface area contributed by atoms with Crippen molar-refractivity contribution in [2.24, 2.45) is 5.41 Å². The summed E-state index contributed by atoms with van der Waals surface area (Å²) in [5.74, 6) is -1.26. The molecule has 2 bridgehead atoms. The maximum Gasteiger partial charge on any atom is 0.417 e. The molecule has 0 radical (unpaired) electrons. The van der Waals surface area contributed by atoms with Gasteiger partial charge < -0.3 is 33.6 Å². The minimum absolute atomic E-state index is 0.0205. The Balaban J connectivity index is 1.15. The molecule has 10 rings (SSSR count). The lowest BCUT2D eigenvalue weighted by atomic mass is 9.83. The van der Waals surface area contributed by atoms with Crippen LogP contribution in [0.25, 0.3) is 22.2 Å². The average molecular weight is 978 g/mol. The van der Waals surface area contributed by atoms with Gasteiger partial charge in [0.2, 0.25) is 11.8 Å². The number of amides is 1. The van der Waals surface area contributed by atoms with E-state index in [9.17, 15) is 13.2 Å². The third-order valence-corrected chi connectivity index (χ3v) is 16.0. The van der Waals surface area contributed by atoms with Crippen LogP contribution in [0.3, 0.4) is 0 Å². The van der Waals surface area contributed by atoms with E-state index in [2.05, 4.69) is 4.98 Å². The zero-order chi connectivity index (χ0) is 49.1. The van der Waals surface area contributed by atoms with Crippen molar-refractivity contribution in [3.63, 3.8) is 0 Å². The minimum Gasteiger partial charge on any atom is -0.497 e. The molecule has 0 aliphatic carbocycles. The molecular weight excluding hydrogens is 926 g/mol. The Bertz CT molecular complexity index is 2920. The van der Waals surface area contributed by atoms with Crippen LogP contribution in [0.1, 0.15) is 62.8 Å². The van der Waals surface area contributed by atoms with E-state index >= 15 is 22.0 Å². The van der Waals surface area contributed by atoms with Crippen LogP contribution in [-0.4, -0.2) is 110 Å². The van der Waals surface area contributed by atoms with Gasteiger partial charge in [-0.2, -0.15) is 18.2 Å². The molecule has 3 aromatic carbocycles. The normalized spacial score (nSPS) is 22.1. The number of alkyl halides is 3. The monoisotopic (exact) mass is 977 g/mol. The fraction of sp³-hybridized carbons (Fsp3) is 0.469. The number of carbonyl (C=O) groups is 1. The number of aromatic nitrogens is 3. The summed E-state index contributed by atoms with van der Waals surface area (Å²) in [4.78, 5) is 35.1. The summed E-state index contributed by atoms with van der Waals surface area (Å²) in [6, 6.07) is 13.5. The number of piperazine rings is 1. The van der Waals surface area contributed by atoms with E-state index < -0.39 is 85.3 Å². The fourth-order valence-corrected chi connectivity index (χ4v) is 13.2. The van der Waals surface area contributed by atoms with Crippen molar-refractivity contribution in [3.8, 4) is 28.6 Å². The zero-order valence-corrected chi connectivity index (χ0v) is 40.0. The molecule has 366 valence electrons. The molecule has 2 aromatic heterocycles. The zero-order valence-electron chi connectivity index (χ0n) is 39.2. The van der Waals surface area contributed by atoms with Crippen molar-refractivity contribution in [2.75, 3.05) is 60.1 Å². The molecule has 0 N–H and O–H groups in total. The number of pyridine rings is 1. The molecule has 69 heavy (non-hydrogen) atoms. The van der Waals surface area contributed by atoms with Crippen molar-refractivity contribution in [1.29, 1.82) is 0 Å². The molecule has 5 aliphatic heterocycles. The predicted molar refractivity (Wildman–Crippen MR) is 248 cm³/mol. The van der Waals surface area contributed by atoms with E-state index in [-0.39, 0.29) is 84.5 Å². The Kier molecular flexibility index (Phi) is 11.1. The summed E-state index contributed by atoms with van der Waals surface area (Å²) >= 11 is 0. The summed E-state index contributed by atoms with van der Waals surface area (Å²) in [6.45, 7) is 8.91. The first-order chi connectivity index (χ1) is 32.6. The fourth-order valence-electron chi connectivity index (χ4n) is 11.0. The number of hydrogen-bond donors (Lipinski definition) is 0. The lowest BCUT2D eigenvalue weighted by Crippen LogP contribution is -2.69. The molecule has 4 atom stereocenters. The first-order valence-electron chi connectivity index (χ1n) is 22.8. The Morgan fingerprint density at radius 3 is 2.06 bits per heavy atom. The number of rotatable bonds is 9. The van der Waals surface area contributed by atoms with E-state index in [1.165, 1.54) is 14.2 Å². The summed E-state index contributed by atoms with van der Waals surface area (Å²) in [5, 5.41) is 0.0224. The number of hydrogen-bond acceptors (Lipinski definition) is 13. The maximum absolute atomic E-state index is 18.0. The molecule has 0 saturated carbocycles. The summed E-state index contributed by atoms with van der Waals surface area (Å²) in [5.41, 5.74) is -4.28. The van der Waals surface area contributed by atoms with Gasteiger partial charge in [-0.15, -0.1) is 0 Å². The average Bonchev–Trinajstić information content (AvgIpc) is 3.51. The SMILES string of the molecule is COc1ccc(CN(Cc2ccc(OC)cc2)c2cc(-c3nc4c5c(nc(N6CC7(C6)CS(=O)(=O)C7)nc5c3F)N3C[C@H]5CC[C@@H]([C@H]3[C@H](C)O4)N5C(=O)OC(C)(C)C)c(C(F)(F)F)c(C)c2F)cc1. The van der Waals surface area contributed by atoms with Gasteiger partial charge >= 0.3 is 12.3 Å². The molecule has 7 heterocycles. The Morgan fingerprint density at radius 2 is 1.51 bits per heavy atom. The van der Waals surface area contributed by atoms with Crippen LogP contribution < -0.4 is 28.9 Å². The molecule has 0 unspecified atom stereocenters. The number of sulfone groups is 1. The molecule has 20 heteroatoms. The number of halogens is 5. The quantitative estimate of drug-likeness (QED) is 0.131. The third-order valence-electron chi connectivity index (χ3n) is 13.9. The van der Waals surface area contributed by atoms with E-state index in [0.29, 0.717) is 35.5 Å². The highest BCUT2D eigenvalue weighted by Gasteiger charge is 2.58. The van der Waals surface area contributed by atoms with Crippen LogP contribution in [0.4, 0.5) is 44.2 Å². The van der Waals surface area contributed by atoms with E-state index in [4.69, 9.17) is 28.9 Å². The highest BCUT2D eigenvalue weighted by molar-refractivity contribution is 7.92. The second-order valence-corrected chi connectivity index (χ2v) is 22.1. The van der Waals surface area contributed by atoms with Crippen molar-refractivity contribution in [3.05, 3.63) is 88.5 Å². The van der Waals surface area contributed by atoms with Crippen molar-refractivity contribution in [2.45, 2.75) is 96.6 Å². The number of anilines is 3. The number of nitrogens with zero attached hydrogens (tertiary/aromatic N) is 7. The molecule has 5 aliphatic rings. The summed E-state index contributed by atoms with van der Waals surface area (Å²) in [6.07, 6.45) is -5.28. The standard InChI is InChI=1S/C49H52F5N7O7S/c1-26-37(49(52,53)54)33(18-35(38(26)50)58(19-28-8-13-31(65-6)14-9-28)20-29-10-15-32(66-7)16-11-29)40-39(51)41-36-43(57-45(56-41)59-22-48(23-59)24-69(63,64)25-48)60-21-30-12-17-34(42(60)27(2)67-44(36)55-40)61(30)46(62)68-47(3,4)5/h8-11,13-16,18,27,30,34,42H,12,17,19-25H2,1-7H3/t27-,30+,34-,42+/m0/s1. The van der Waals surface area contributed by atoms with Crippen LogP contribution in [0.15, 0.2) is 54.6 Å². The summed E-state index contributed by atoms with van der Waals surface area (Å²) < 4.78 is 129. The molecule has 1 amide bonds. The Hall–Kier alpha value is -6.18. The molecule has 4 fully saturated rings. The van der Waals surface area contributed by atoms with E-state index in [0.717, 1.165) is 13.0 Å². The summed E-state index contributed by atoms with van der Waals surface area (Å²) in [7, 11) is -0.179. The minimum atomic E-state index is -5.19. The molecule has 5 aromatic rings. The van der Waals surface area contributed by atoms with Gasteiger partial charge in [0.05, 0.1) is 55.1 Å². The number of carbonyl (C=O) groups excluding carboxylic acids is 1. The lowest BCUT2D eigenvalue weighted by Gasteiger charge is -2.54. The van der Waals surface area contributed by atoms with Gasteiger partial charge in [0, 0.05) is 43.7 Å². The van der Waals surface area contributed by atoms with E-state index in [1.54, 1.807) is 90.9 Å². The second-order valence-electron chi connectivity index (χ2n) is 20.0. The van der Waals surface area contributed by atoms with Gasteiger partial charge in [0.15, 0.2) is 15.7 Å². The van der Waals surface area contributed by atoms with Crippen LogP contribution in [0, 0.1) is 24.0 Å². The highest BCUT2D eigenvalue weighted by Crippen LogP contribution is 2.51. The van der Waals surface area contributed by atoms with E-state index in [1.807, 2.05) is 4.90 Å². The number of benzene rings is 3. The maximum atomic E-state index is 18.0. The number of methoxy groups -OCH3 is 2. The van der Waals surface area contributed by atoms with Gasteiger partial charge in [-0.1, -0.05) is 24.3 Å². The van der Waals surface area contributed by atoms with Gasteiger partial charge in [-0.3, -0.25) is 4.90 Å². The van der Waals surface area contributed by atoms with Crippen LogP contribution in [-0.2, 0) is 33.8 Å². The molecule has 14 nitrogen and oxygen atoms in total. The largest absolute Gasteiger partial charge is 0.497 e. The van der Waals surface area contributed by atoms with Crippen LogP contribution >= 0.6 is 0 Å². The first kappa shape index (κ1) is 46.5. The van der Waals surface area contributed by atoms with Crippen molar-refractivity contribution < 1.29 is 54.1 Å². The number of ether oxygens (including phenoxy) is 4. The van der Waals surface area contributed by atoms with Gasteiger partial charge in [-0.25, -0.2) is 32.0 Å². The van der Waals surface area contributed by atoms with Crippen LogP contribution in [0.2, 0.25) is 0 Å². The Labute approximate surface area is 396 Å². The third kappa shape index (κ3) is 8.24. The first-order valence-corrected chi connectivity index (χ1v) is 24.6. The van der Waals surface area contributed by atoms with Gasteiger partial charge in [0.25, 0.3) is 0 Å². The van der Waals surface area contributed by atoms with Crippen molar-refractivity contribution >= 4 is 44.3 Å². The van der Waals surface area contributed by atoms with Gasteiger partial charge in [0.1, 0.15) is 51.4 Å². The topological polar surface area (TPSA) is 140 Å². The lowest BCUT2D eigenvalue weighted by molar-refractivity contribution is -0.137. The second kappa shape index (κ2) is 16.5. The Morgan fingerprint density at radius 1 is 0.899 bits per heavy atom. The molecule has 4 saturated heterocycles. The molecular formula is C49H52F5N7O7S. The smallest absolute Gasteiger partial charge is 0.417 e. The predicted octanol–water partition coefficient (Wildman–Crippen LogP) is 8.49. The van der Waals surface area contributed by atoms with Crippen molar-refractivity contribution in [1.82, 2.24) is 19.9 Å².